The molecule has 1 aromatic rings. The predicted octanol–water partition coefficient (Wildman–Crippen LogP) is 2.36. The normalized spacial score (nSPS) is 10.8. The Labute approximate surface area is 90.2 Å². The summed E-state index contributed by atoms with van der Waals surface area (Å²) in [6, 6.07) is 0. The molecule has 80 valence electrons. The Balaban J connectivity index is 2.18. The van der Waals surface area contributed by atoms with Gasteiger partial charge >= 0.3 is 0 Å². The highest BCUT2D eigenvalue weighted by Gasteiger charge is 2.00. The molecule has 3 nitrogen and oxygen atoms in total. The van der Waals surface area contributed by atoms with E-state index in [0.29, 0.717) is 0 Å². The quantitative estimate of drug-likeness (QED) is 0.741. The second kappa shape index (κ2) is 6.04. The number of hydrogen-bond acceptors (Lipinski definition) is 2. The standard InChI is InChI=1S/C10H18ClN3/c1-9-10(11)8-14(13-9)7-5-3-2-4-6-12/h8H,2-7,12H2,1H3. The minimum Gasteiger partial charge on any atom is -0.330 e. The molecule has 4 heteroatoms. The van der Waals surface area contributed by atoms with Gasteiger partial charge in [-0.2, -0.15) is 5.10 Å². The monoisotopic (exact) mass is 215 g/mol. The minimum absolute atomic E-state index is 0.756. The number of rotatable bonds is 6. The van der Waals surface area contributed by atoms with Crippen LogP contribution in [0.3, 0.4) is 0 Å². The summed E-state index contributed by atoms with van der Waals surface area (Å²) in [6.45, 7) is 3.68. The average Bonchev–Trinajstić information content (AvgIpc) is 2.46. The highest BCUT2D eigenvalue weighted by atomic mass is 35.5. The Morgan fingerprint density at radius 2 is 2.07 bits per heavy atom. The van der Waals surface area contributed by atoms with Crippen molar-refractivity contribution in [3.63, 3.8) is 0 Å². The number of aryl methyl sites for hydroxylation is 2. The van der Waals surface area contributed by atoms with Crippen molar-refractivity contribution < 1.29 is 0 Å². The number of halogens is 1. The Morgan fingerprint density at radius 1 is 1.36 bits per heavy atom. The van der Waals surface area contributed by atoms with Crippen molar-refractivity contribution in [2.24, 2.45) is 5.73 Å². The van der Waals surface area contributed by atoms with Crippen molar-refractivity contribution in [2.45, 2.75) is 39.2 Å². The Bertz CT molecular complexity index is 251. The van der Waals surface area contributed by atoms with Gasteiger partial charge in [-0.1, -0.05) is 24.4 Å². The minimum atomic E-state index is 0.756. The second-order valence-electron chi connectivity index (χ2n) is 3.53. The first-order valence-corrected chi connectivity index (χ1v) is 5.51. The van der Waals surface area contributed by atoms with Crippen LogP contribution in [-0.4, -0.2) is 16.3 Å². The summed E-state index contributed by atoms with van der Waals surface area (Å²) in [6.07, 6.45) is 6.59. The molecule has 1 heterocycles. The third kappa shape index (κ3) is 3.68. The van der Waals surface area contributed by atoms with Crippen molar-refractivity contribution in [1.29, 1.82) is 0 Å². The molecule has 0 atom stereocenters. The van der Waals surface area contributed by atoms with Crippen LogP contribution in [0.2, 0.25) is 5.02 Å². The molecule has 0 saturated carbocycles. The molecule has 1 aromatic heterocycles. The number of nitrogens with two attached hydrogens (primary N) is 1. The first-order valence-electron chi connectivity index (χ1n) is 5.13. The molecular formula is C10H18ClN3. The van der Waals surface area contributed by atoms with Crippen molar-refractivity contribution >= 4 is 11.6 Å². The lowest BCUT2D eigenvalue weighted by Gasteiger charge is -2.00. The fourth-order valence-electron chi connectivity index (χ4n) is 1.38. The lowest BCUT2D eigenvalue weighted by Crippen LogP contribution is -2.00. The zero-order chi connectivity index (χ0) is 10.4. The maximum absolute atomic E-state index is 5.89. The molecule has 0 aromatic carbocycles. The predicted molar refractivity (Wildman–Crippen MR) is 59.5 cm³/mol. The number of aromatic nitrogens is 2. The smallest absolute Gasteiger partial charge is 0.0814 e. The number of nitrogens with zero attached hydrogens (tertiary/aromatic N) is 2. The van der Waals surface area contributed by atoms with E-state index in [0.717, 1.165) is 36.6 Å². The van der Waals surface area contributed by atoms with E-state index in [4.69, 9.17) is 17.3 Å². The van der Waals surface area contributed by atoms with Crippen LogP contribution in [0.4, 0.5) is 0 Å². The average molecular weight is 216 g/mol. The van der Waals surface area contributed by atoms with Crippen LogP contribution in [0.25, 0.3) is 0 Å². The van der Waals surface area contributed by atoms with E-state index in [1.54, 1.807) is 0 Å². The van der Waals surface area contributed by atoms with Gasteiger partial charge < -0.3 is 5.73 Å². The van der Waals surface area contributed by atoms with Gasteiger partial charge in [-0.25, -0.2) is 0 Å². The zero-order valence-electron chi connectivity index (χ0n) is 8.67. The van der Waals surface area contributed by atoms with Crippen molar-refractivity contribution in [1.82, 2.24) is 9.78 Å². The maximum Gasteiger partial charge on any atom is 0.0814 e. The van der Waals surface area contributed by atoms with Crippen molar-refractivity contribution in [3.05, 3.63) is 16.9 Å². The molecule has 0 radical (unpaired) electrons. The van der Waals surface area contributed by atoms with Gasteiger partial charge in [0.1, 0.15) is 0 Å². The molecule has 0 aliphatic heterocycles. The molecule has 14 heavy (non-hydrogen) atoms. The highest BCUT2D eigenvalue weighted by Crippen LogP contribution is 2.12. The lowest BCUT2D eigenvalue weighted by atomic mass is 10.2. The Morgan fingerprint density at radius 3 is 2.64 bits per heavy atom. The highest BCUT2D eigenvalue weighted by molar-refractivity contribution is 6.31. The van der Waals surface area contributed by atoms with Crippen LogP contribution in [-0.2, 0) is 6.54 Å². The van der Waals surface area contributed by atoms with Crippen LogP contribution >= 0.6 is 11.6 Å². The summed E-state index contributed by atoms with van der Waals surface area (Å²) in [5.74, 6) is 0. The molecule has 0 spiro atoms. The summed E-state index contributed by atoms with van der Waals surface area (Å²) in [5.41, 5.74) is 6.32. The Hall–Kier alpha value is -0.540. The van der Waals surface area contributed by atoms with Gasteiger partial charge in [-0.05, 0) is 26.3 Å². The van der Waals surface area contributed by atoms with Gasteiger partial charge in [0.15, 0.2) is 0 Å². The maximum atomic E-state index is 5.89. The van der Waals surface area contributed by atoms with Gasteiger partial charge in [0.25, 0.3) is 0 Å². The van der Waals surface area contributed by atoms with E-state index in [-0.39, 0.29) is 0 Å². The fraction of sp³-hybridized carbons (Fsp3) is 0.700. The molecule has 0 saturated heterocycles. The van der Waals surface area contributed by atoms with E-state index in [2.05, 4.69) is 5.10 Å². The third-order valence-electron chi connectivity index (χ3n) is 2.23. The topological polar surface area (TPSA) is 43.8 Å². The fourth-order valence-corrected chi connectivity index (χ4v) is 1.53. The largest absolute Gasteiger partial charge is 0.330 e. The van der Waals surface area contributed by atoms with E-state index < -0.39 is 0 Å². The lowest BCUT2D eigenvalue weighted by molar-refractivity contribution is 0.535. The van der Waals surface area contributed by atoms with Gasteiger partial charge in [0, 0.05) is 12.7 Å². The van der Waals surface area contributed by atoms with Crippen LogP contribution in [0.1, 0.15) is 31.4 Å². The van der Waals surface area contributed by atoms with Crippen molar-refractivity contribution in [3.8, 4) is 0 Å². The van der Waals surface area contributed by atoms with Crippen LogP contribution < -0.4 is 5.73 Å². The van der Waals surface area contributed by atoms with Crippen molar-refractivity contribution in [2.75, 3.05) is 6.54 Å². The molecule has 0 amide bonds. The van der Waals surface area contributed by atoms with Crippen LogP contribution in [0.5, 0.6) is 0 Å². The first kappa shape index (κ1) is 11.5. The van der Waals surface area contributed by atoms with E-state index in [1.807, 2.05) is 17.8 Å². The van der Waals surface area contributed by atoms with Gasteiger partial charge in [-0.3, -0.25) is 4.68 Å². The summed E-state index contributed by atoms with van der Waals surface area (Å²) in [4.78, 5) is 0. The first-order chi connectivity index (χ1) is 6.74. The molecular weight excluding hydrogens is 198 g/mol. The van der Waals surface area contributed by atoms with E-state index >= 15 is 0 Å². The van der Waals surface area contributed by atoms with E-state index in [1.165, 1.54) is 12.8 Å². The molecule has 0 unspecified atom stereocenters. The number of hydrogen-bond donors (Lipinski definition) is 1. The summed E-state index contributed by atoms with van der Waals surface area (Å²) in [7, 11) is 0. The second-order valence-corrected chi connectivity index (χ2v) is 3.94. The van der Waals surface area contributed by atoms with Gasteiger partial charge in [-0.15, -0.1) is 0 Å². The zero-order valence-corrected chi connectivity index (χ0v) is 9.43. The van der Waals surface area contributed by atoms with E-state index in [9.17, 15) is 0 Å². The molecule has 1 rings (SSSR count). The SMILES string of the molecule is Cc1nn(CCCCCCN)cc1Cl. The third-order valence-corrected chi connectivity index (χ3v) is 2.60. The van der Waals surface area contributed by atoms with Gasteiger partial charge in [0.05, 0.1) is 10.7 Å². The van der Waals surface area contributed by atoms with Crippen LogP contribution in [0, 0.1) is 6.92 Å². The van der Waals surface area contributed by atoms with Crippen LogP contribution in [0.15, 0.2) is 6.20 Å². The molecule has 0 bridgehead atoms. The summed E-state index contributed by atoms with van der Waals surface area (Å²) >= 11 is 5.89. The Kier molecular flexibility index (Phi) is 4.98. The molecule has 0 fully saturated rings. The molecule has 0 aliphatic rings. The van der Waals surface area contributed by atoms with Gasteiger partial charge in [0.2, 0.25) is 0 Å². The molecule has 0 aliphatic carbocycles. The molecule has 2 N–H and O–H groups in total. The summed E-state index contributed by atoms with van der Waals surface area (Å²) < 4.78 is 1.92. The number of unbranched alkanes of at least 4 members (excludes halogenated alkanes) is 3. The summed E-state index contributed by atoms with van der Waals surface area (Å²) in [5, 5.41) is 5.04.